The van der Waals surface area contributed by atoms with Crippen LogP contribution in [0.15, 0.2) is 46.1 Å². The smallest absolute Gasteiger partial charge is 0.328 e. The number of alkyl halides is 2. The Labute approximate surface area is 232 Å². The largest absolute Gasteiger partial charge is 0.462 e. The molecule has 1 unspecified atom stereocenters. The zero-order chi connectivity index (χ0) is 28.3. The number of hydrogen-bond donors (Lipinski definition) is 3. The molecule has 16 heteroatoms. The lowest BCUT2D eigenvalue weighted by atomic mass is 10.1. The van der Waals surface area contributed by atoms with Crippen LogP contribution in [-0.4, -0.2) is 62.0 Å². The van der Waals surface area contributed by atoms with Gasteiger partial charge in [0.25, 0.3) is 5.56 Å². The van der Waals surface area contributed by atoms with E-state index in [4.69, 9.17) is 53.5 Å². The molecule has 0 aliphatic carbocycles. The van der Waals surface area contributed by atoms with Gasteiger partial charge in [-0.25, -0.2) is 9.88 Å². The summed E-state index contributed by atoms with van der Waals surface area (Å²) in [6.45, 7) is 0.705. The highest BCUT2D eigenvalue weighted by Gasteiger charge is 2.55. The van der Waals surface area contributed by atoms with Crippen molar-refractivity contribution in [2.75, 3.05) is 6.61 Å². The molecule has 1 aromatic carbocycles. The van der Waals surface area contributed by atoms with E-state index in [2.05, 4.69) is 5.09 Å². The molecule has 3 rings (SSSR count). The van der Waals surface area contributed by atoms with Crippen molar-refractivity contribution >= 4 is 47.6 Å². The van der Waals surface area contributed by atoms with Gasteiger partial charge in [0, 0.05) is 0 Å². The molecule has 5 atom stereocenters. The molecule has 1 aliphatic rings. The third-order valence-electron chi connectivity index (χ3n) is 5.28. The lowest BCUT2D eigenvalue weighted by molar-refractivity contribution is -0.149. The summed E-state index contributed by atoms with van der Waals surface area (Å²) in [6.07, 6.45) is -3.57. The standard InChI is InChI=1S/C22H27Cl2FN3O8PS/c1-12(2)34-20(31)13(3)27-37(38,36-14-7-5-4-6-8-14)33-11-16-18(29)22(23,24)17(35-16)10-28-9-15(25)19(30)26-21(28)32/h4-9,12-13,16-18,29H,10-11H2,1-3H3,(H,27,38)(H,26,30,32)/t13-,16+,17?,18+,37+/m0/s1. The second-order valence-electron chi connectivity index (χ2n) is 8.71. The molecule has 2 heterocycles. The van der Waals surface area contributed by atoms with Crippen molar-refractivity contribution in [3.05, 3.63) is 63.2 Å². The number of rotatable bonds is 11. The molecule has 0 spiro atoms. The number of aromatic nitrogens is 2. The van der Waals surface area contributed by atoms with E-state index in [1.54, 1.807) is 44.2 Å². The van der Waals surface area contributed by atoms with Crippen LogP contribution in [0.4, 0.5) is 4.39 Å². The Kier molecular flexibility index (Phi) is 10.2. The number of aliphatic hydroxyl groups excluding tert-OH is 1. The number of benzene rings is 1. The summed E-state index contributed by atoms with van der Waals surface area (Å²) in [6, 6.07) is 7.59. The fourth-order valence-electron chi connectivity index (χ4n) is 3.41. The van der Waals surface area contributed by atoms with Crippen LogP contribution in [0.5, 0.6) is 5.75 Å². The Morgan fingerprint density at radius 3 is 2.61 bits per heavy atom. The lowest BCUT2D eigenvalue weighted by Crippen LogP contribution is -2.42. The fourth-order valence-corrected chi connectivity index (χ4v) is 6.35. The third-order valence-corrected chi connectivity index (χ3v) is 8.71. The van der Waals surface area contributed by atoms with Gasteiger partial charge in [0.05, 0.1) is 25.5 Å². The summed E-state index contributed by atoms with van der Waals surface area (Å²) in [4.78, 5) is 37.5. The molecule has 1 aromatic heterocycles. The lowest BCUT2D eigenvalue weighted by Gasteiger charge is -2.28. The van der Waals surface area contributed by atoms with Gasteiger partial charge in [-0.1, -0.05) is 41.4 Å². The molecule has 1 saturated heterocycles. The van der Waals surface area contributed by atoms with Crippen molar-refractivity contribution in [3.8, 4) is 5.75 Å². The predicted molar refractivity (Wildman–Crippen MR) is 142 cm³/mol. The molecule has 1 fully saturated rings. The van der Waals surface area contributed by atoms with Crippen molar-refractivity contribution in [3.63, 3.8) is 0 Å². The summed E-state index contributed by atoms with van der Waals surface area (Å²) in [5.41, 5.74) is -2.10. The molecule has 210 valence electrons. The Balaban J connectivity index is 1.76. The summed E-state index contributed by atoms with van der Waals surface area (Å²) < 4.78 is 35.3. The average molecular weight is 614 g/mol. The monoisotopic (exact) mass is 613 g/mol. The van der Waals surface area contributed by atoms with Gasteiger partial charge >= 0.3 is 18.3 Å². The highest BCUT2D eigenvalue weighted by atomic mass is 35.5. The SMILES string of the molecule is CC(C)OC(=O)[C@H](C)N[P@@](=S)(OC[C@H]1OC(Cn2cc(F)c(=O)[nH]c2=O)C(Cl)(Cl)[C@@H]1O)Oc1ccccc1. The first-order valence-electron chi connectivity index (χ1n) is 11.4. The van der Waals surface area contributed by atoms with E-state index in [-0.39, 0.29) is 12.7 Å². The van der Waals surface area contributed by atoms with Crippen molar-refractivity contribution in [1.29, 1.82) is 0 Å². The highest BCUT2D eigenvalue weighted by Crippen LogP contribution is 2.47. The van der Waals surface area contributed by atoms with Gasteiger partial charge in [-0.15, -0.1) is 0 Å². The van der Waals surface area contributed by atoms with Crippen LogP contribution >= 0.6 is 29.8 Å². The topological polar surface area (TPSA) is 141 Å². The van der Waals surface area contributed by atoms with Crippen LogP contribution in [0, 0.1) is 5.82 Å². The molecule has 0 saturated carbocycles. The third kappa shape index (κ3) is 7.64. The summed E-state index contributed by atoms with van der Waals surface area (Å²) in [7, 11) is 0. The molecular weight excluding hydrogens is 587 g/mol. The number of aromatic amines is 1. The zero-order valence-corrected chi connectivity index (χ0v) is 23.7. The maximum atomic E-state index is 13.7. The van der Waals surface area contributed by atoms with E-state index < -0.39 is 64.9 Å². The maximum Gasteiger partial charge on any atom is 0.328 e. The first-order valence-corrected chi connectivity index (χ1v) is 14.8. The van der Waals surface area contributed by atoms with E-state index in [0.717, 1.165) is 4.57 Å². The van der Waals surface area contributed by atoms with E-state index >= 15 is 0 Å². The molecular formula is C22H27Cl2FN3O8PS. The van der Waals surface area contributed by atoms with Crippen molar-refractivity contribution < 1.29 is 32.8 Å². The molecule has 0 amide bonds. The first kappa shape index (κ1) is 30.7. The van der Waals surface area contributed by atoms with Gasteiger partial charge in [0.1, 0.15) is 30.1 Å². The number of hydrogen-bond acceptors (Lipinski definition) is 9. The number of nitrogens with zero attached hydrogens (tertiary/aromatic N) is 1. The van der Waals surface area contributed by atoms with E-state index in [0.29, 0.717) is 11.9 Å². The second-order valence-corrected chi connectivity index (χ2v) is 13.3. The quantitative estimate of drug-likeness (QED) is 0.196. The van der Waals surface area contributed by atoms with Crippen LogP contribution in [0.1, 0.15) is 20.8 Å². The maximum absolute atomic E-state index is 13.7. The summed E-state index contributed by atoms with van der Waals surface area (Å²) in [5, 5.41) is 13.6. The molecule has 11 nitrogen and oxygen atoms in total. The van der Waals surface area contributed by atoms with Crippen LogP contribution in [0.3, 0.4) is 0 Å². The van der Waals surface area contributed by atoms with E-state index in [1.165, 1.54) is 6.92 Å². The Hall–Kier alpha value is -1.83. The number of aliphatic hydroxyl groups is 1. The minimum atomic E-state index is -3.46. The highest BCUT2D eigenvalue weighted by molar-refractivity contribution is 8.09. The van der Waals surface area contributed by atoms with Crippen LogP contribution in [0.25, 0.3) is 0 Å². The van der Waals surface area contributed by atoms with Crippen molar-refractivity contribution in [2.45, 2.75) is 62.1 Å². The number of H-pyrrole nitrogens is 1. The zero-order valence-electron chi connectivity index (χ0n) is 20.5. The molecule has 1 aliphatic heterocycles. The number of esters is 1. The van der Waals surface area contributed by atoms with Crippen molar-refractivity contribution in [1.82, 2.24) is 14.6 Å². The summed E-state index contributed by atoms with van der Waals surface area (Å²) in [5.74, 6) is -1.42. The Bertz CT molecular complexity index is 1300. The van der Waals surface area contributed by atoms with E-state index in [9.17, 15) is 23.9 Å². The fraction of sp³-hybridized carbons (Fsp3) is 0.500. The molecule has 0 radical (unpaired) electrons. The second kappa shape index (κ2) is 12.6. The molecule has 38 heavy (non-hydrogen) atoms. The van der Waals surface area contributed by atoms with Crippen LogP contribution < -0.4 is 20.9 Å². The van der Waals surface area contributed by atoms with Gasteiger partial charge in [0.15, 0.2) is 4.33 Å². The number of carbonyl (C=O) groups excluding carboxylic acids is 1. The number of halogens is 3. The molecule has 2 aromatic rings. The van der Waals surface area contributed by atoms with Gasteiger partial charge in [-0.05, 0) is 44.7 Å². The van der Waals surface area contributed by atoms with Crippen LogP contribution in [0.2, 0.25) is 0 Å². The van der Waals surface area contributed by atoms with Gasteiger partial charge in [-0.2, -0.15) is 4.39 Å². The number of para-hydroxylation sites is 1. The minimum Gasteiger partial charge on any atom is -0.462 e. The van der Waals surface area contributed by atoms with Crippen molar-refractivity contribution in [2.24, 2.45) is 0 Å². The van der Waals surface area contributed by atoms with E-state index in [1.807, 2.05) is 4.98 Å². The average Bonchev–Trinajstić information content (AvgIpc) is 3.04. The molecule has 3 N–H and O–H groups in total. The van der Waals surface area contributed by atoms with Crippen LogP contribution in [-0.2, 0) is 37.1 Å². The Morgan fingerprint density at radius 1 is 1.32 bits per heavy atom. The first-order chi connectivity index (χ1) is 17.7. The number of ether oxygens (including phenoxy) is 2. The summed E-state index contributed by atoms with van der Waals surface area (Å²) >= 11 is 18.3. The normalized spacial score (nSPS) is 23.1. The number of nitrogens with one attached hydrogen (secondary N) is 2. The Morgan fingerprint density at radius 2 is 1.97 bits per heavy atom. The van der Waals surface area contributed by atoms with Gasteiger partial charge in [-0.3, -0.25) is 19.1 Å². The minimum absolute atomic E-state index is 0.358. The number of carbonyl (C=O) groups is 1. The van der Waals surface area contributed by atoms with Gasteiger partial charge < -0.3 is 23.6 Å². The molecule has 0 bridgehead atoms. The van der Waals surface area contributed by atoms with Gasteiger partial charge in [0.2, 0.25) is 5.82 Å². The predicted octanol–water partition coefficient (Wildman–Crippen LogP) is 2.23.